The summed E-state index contributed by atoms with van der Waals surface area (Å²) in [5.74, 6) is -1.25. The van der Waals surface area contributed by atoms with Crippen LogP contribution in [0, 0.1) is 0 Å². The first-order valence-electron chi connectivity index (χ1n) is 17.7. The Kier molecular flexibility index (Phi) is 7.15. The van der Waals surface area contributed by atoms with E-state index in [1.54, 1.807) is 41.0 Å². The van der Waals surface area contributed by atoms with Crippen molar-refractivity contribution < 1.29 is 28.7 Å². The lowest BCUT2D eigenvalue weighted by molar-refractivity contribution is 0.0975. The van der Waals surface area contributed by atoms with Crippen molar-refractivity contribution in [1.29, 1.82) is 0 Å². The maximum Gasteiger partial charge on any atom is 0.419 e. The lowest BCUT2D eigenvalue weighted by Crippen LogP contribution is -2.13. The molecule has 2 aliphatic rings. The van der Waals surface area contributed by atoms with E-state index in [0.717, 1.165) is 45.9 Å². The van der Waals surface area contributed by atoms with Crippen LogP contribution in [0.3, 0.4) is 0 Å². The van der Waals surface area contributed by atoms with Crippen LogP contribution in [0.5, 0.6) is 0 Å². The number of nitrogens with zero attached hydrogens (tertiary/aromatic N) is 1. The molecule has 266 valence electrons. The first-order chi connectivity index (χ1) is 27.3. The predicted octanol–water partition coefficient (Wildman–Crippen LogP) is 11.5. The lowest BCUT2D eigenvalue weighted by Gasteiger charge is -2.07. The van der Waals surface area contributed by atoms with Crippen molar-refractivity contribution in [3.8, 4) is 0 Å². The zero-order valence-electron chi connectivity index (χ0n) is 29.0. The van der Waals surface area contributed by atoms with Gasteiger partial charge in [-0.2, -0.15) is 0 Å². The first kappa shape index (κ1) is 32.8. The van der Waals surface area contributed by atoms with Gasteiger partial charge in [-0.1, -0.05) is 78.9 Å². The largest absolute Gasteiger partial charge is 0.444 e. The molecule has 5 aromatic carbocycles. The molecule has 0 fully saturated rings. The summed E-state index contributed by atoms with van der Waals surface area (Å²) in [5, 5.41) is 3.57. The standard InChI is InChI=1S/C46H23NO6S3/c48-39-30-14-24-10-4-5-11-25(24)15-31(30)40(49)34(39)18-28-20-36-43(54-28)45-38(47(36)46(52)53-22-23-8-2-1-3-9-23)44-37(56-45)21-29(55-44)19-35-41(50)32-16-26-12-6-7-13-27(26)17-33(32)42(35)51/h1-21H,22H2. The SMILES string of the molecule is O=C1C(=Cc2cc3c(s2)c2sc4cc(C=C5C(=O)c6cc7ccccc7cc6C5=O)sc4c2n3C(=O)OCc2ccccc2)C(=O)c2cc3ccccc3cc21. The van der Waals surface area contributed by atoms with Gasteiger partial charge in [-0.05, 0) is 75.7 Å². The topological polar surface area (TPSA) is 99.5 Å². The number of thiophene rings is 3. The third kappa shape index (κ3) is 4.90. The molecule has 4 aromatic heterocycles. The van der Waals surface area contributed by atoms with Gasteiger partial charge in [-0.3, -0.25) is 19.2 Å². The third-order valence-electron chi connectivity index (χ3n) is 10.5. The maximum absolute atomic E-state index is 14.1. The van der Waals surface area contributed by atoms with E-state index in [0.29, 0.717) is 43.0 Å². The molecule has 0 aliphatic heterocycles. The molecule has 0 spiro atoms. The zero-order valence-corrected chi connectivity index (χ0v) is 31.4. The summed E-state index contributed by atoms with van der Waals surface area (Å²) in [4.78, 5) is 69.8. The van der Waals surface area contributed by atoms with Crippen molar-refractivity contribution in [3.63, 3.8) is 0 Å². The second-order valence-corrected chi connectivity index (χ2v) is 17.0. The van der Waals surface area contributed by atoms with Crippen LogP contribution in [-0.4, -0.2) is 33.8 Å². The number of hydrogen-bond donors (Lipinski definition) is 0. The van der Waals surface area contributed by atoms with Gasteiger partial charge in [-0.25, -0.2) is 9.36 Å². The summed E-state index contributed by atoms with van der Waals surface area (Å²) < 4.78 is 10.8. The number of ether oxygens (including phenoxy) is 1. The zero-order chi connectivity index (χ0) is 37.8. The molecule has 7 nitrogen and oxygen atoms in total. The van der Waals surface area contributed by atoms with Crippen LogP contribution in [0.4, 0.5) is 4.79 Å². The van der Waals surface area contributed by atoms with Crippen LogP contribution in [0.15, 0.2) is 126 Å². The minimum atomic E-state index is -0.574. The van der Waals surface area contributed by atoms with Crippen LogP contribution in [0.25, 0.3) is 63.5 Å². The fraction of sp³-hybridized carbons (Fsp3) is 0.0217. The molecule has 11 rings (SSSR count). The van der Waals surface area contributed by atoms with Gasteiger partial charge in [0, 0.05) is 36.7 Å². The summed E-state index contributed by atoms with van der Waals surface area (Å²) in [6.07, 6.45) is 2.71. The monoisotopic (exact) mass is 781 g/mol. The lowest BCUT2D eigenvalue weighted by atomic mass is 10.0. The average Bonchev–Trinajstić information content (AvgIpc) is 4.04. The number of rotatable bonds is 4. The highest BCUT2D eigenvalue weighted by Gasteiger charge is 2.35. The number of hydrogen-bond acceptors (Lipinski definition) is 9. The number of Topliss-reactive ketones (excluding diaryl/α,β-unsaturated/α-hetero) is 4. The number of ketones is 4. The number of allylic oxidation sites excluding steroid dienone is 2. The molecule has 0 unspecified atom stereocenters. The van der Waals surface area contributed by atoms with Crippen molar-refractivity contribution >= 4 is 127 Å². The molecule has 56 heavy (non-hydrogen) atoms. The molecular formula is C46H23NO6S3. The Morgan fingerprint density at radius 3 is 1.52 bits per heavy atom. The Labute approximate surface area is 329 Å². The molecule has 4 heterocycles. The number of benzene rings is 5. The van der Waals surface area contributed by atoms with E-state index < -0.39 is 6.09 Å². The fourth-order valence-electron chi connectivity index (χ4n) is 7.78. The van der Waals surface area contributed by atoms with Crippen LogP contribution in [0.1, 0.15) is 56.7 Å². The molecule has 10 heteroatoms. The maximum atomic E-state index is 14.1. The predicted molar refractivity (Wildman–Crippen MR) is 224 cm³/mol. The van der Waals surface area contributed by atoms with E-state index in [1.807, 2.05) is 91.0 Å². The molecule has 0 saturated heterocycles. The van der Waals surface area contributed by atoms with Gasteiger partial charge in [0.05, 0.1) is 36.3 Å². The number of aromatic nitrogens is 1. The summed E-state index contributed by atoms with van der Waals surface area (Å²) in [6.45, 7) is 0.0619. The van der Waals surface area contributed by atoms with E-state index in [2.05, 4.69) is 0 Å². The minimum absolute atomic E-state index is 0.0619. The van der Waals surface area contributed by atoms with E-state index in [9.17, 15) is 24.0 Å². The van der Waals surface area contributed by atoms with Crippen LogP contribution < -0.4 is 0 Å². The van der Waals surface area contributed by atoms with E-state index >= 15 is 0 Å². The Hall–Kier alpha value is -6.59. The van der Waals surface area contributed by atoms with Gasteiger partial charge in [0.1, 0.15) is 6.61 Å². The highest BCUT2D eigenvalue weighted by atomic mass is 32.1. The quantitative estimate of drug-likeness (QED) is 0.130. The molecule has 2 aliphatic carbocycles. The Balaban J connectivity index is 1.01. The Morgan fingerprint density at radius 1 is 0.536 bits per heavy atom. The molecular weight excluding hydrogens is 759 g/mol. The van der Waals surface area contributed by atoms with E-state index in [-0.39, 0.29) is 40.9 Å². The molecule has 9 aromatic rings. The average molecular weight is 782 g/mol. The minimum Gasteiger partial charge on any atom is -0.444 e. The van der Waals surface area contributed by atoms with Crippen molar-refractivity contribution in [2.45, 2.75) is 6.61 Å². The summed E-state index contributed by atoms with van der Waals surface area (Å²) in [5.41, 5.74) is 3.89. The molecule has 0 N–H and O–H groups in total. The molecule has 0 bridgehead atoms. The molecule has 0 amide bonds. The van der Waals surface area contributed by atoms with Crippen LogP contribution in [0.2, 0.25) is 0 Å². The van der Waals surface area contributed by atoms with Gasteiger partial charge in [0.15, 0.2) is 23.1 Å². The van der Waals surface area contributed by atoms with Crippen LogP contribution >= 0.6 is 34.0 Å². The molecule has 0 saturated carbocycles. The van der Waals surface area contributed by atoms with Crippen LogP contribution in [-0.2, 0) is 11.3 Å². The summed E-state index contributed by atoms with van der Waals surface area (Å²) >= 11 is 4.30. The number of carbonyl (C=O) groups excluding carboxylic acids is 5. The normalized spacial score (nSPS) is 13.9. The van der Waals surface area contributed by atoms with Gasteiger partial charge >= 0.3 is 6.09 Å². The third-order valence-corrected chi connectivity index (χ3v) is 14.0. The van der Waals surface area contributed by atoms with E-state index in [1.165, 1.54) is 34.0 Å². The van der Waals surface area contributed by atoms with Crippen molar-refractivity contribution in [2.75, 3.05) is 0 Å². The van der Waals surface area contributed by atoms with Gasteiger partial charge in [0.25, 0.3) is 0 Å². The van der Waals surface area contributed by atoms with Gasteiger partial charge in [-0.15, -0.1) is 34.0 Å². The fourth-order valence-corrected chi connectivity index (χ4v) is 11.6. The Morgan fingerprint density at radius 2 is 1.00 bits per heavy atom. The summed E-state index contributed by atoms with van der Waals surface area (Å²) in [7, 11) is 0. The summed E-state index contributed by atoms with van der Waals surface area (Å²) in [6, 6.07) is 35.6. The number of fused-ring (bicyclic) bond motifs is 9. The first-order valence-corrected chi connectivity index (χ1v) is 20.1. The second-order valence-electron chi connectivity index (χ2n) is 13.8. The van der Waals surface area contributed by atoms with Gasteiger partial charge < -0.3 is 4.74 Å². The highest BCUT2D eigenvalue weighted by molar-refractivity contribution is 7.36. The molecule has 0 atom stereocenters. The second kappa shape index (κ2) is 12.2. The van der Waals surface area contributed by atoms with Crippen molar-refractivity contribution in [1.82, 2.24) is 4.57 Å². The highest BCUT2D eigenvalue weighted by Crippen LogP contribution is 2.48. The molecule has 0 radical (unpaired) electrons. The number of carbonyl (C=O) groups is 5. The van der Waals surface area contributed by atoms with E-state index in [4.69, 9.17) is 4.74 Å². The Bertz CT molecular complexity index is 3240. The smallest absolute Gasteiger partial charge is 0.419 e. The van der Waals surface area contributed by atoms with Crippen molar-refractivity contribution in [2.24, 2.45) is 0 Å². The van der Waals surface area contributed by atoms with Crippen molar-refractivity contribution in [3.05, 3.63) is 164 Å². The van der Waals surface area contributed by atoms with Gasteiger partial charge in [0.2, 0.25) is 0 Å².